The number of carbonyl (C=O) groups is 1. The first-order valence-corrected chi connectivity index (χ1v) is 5.26. The van der Waals surface area contributed by atoms with Crippen molar-refractivity contribution >= 4 is 17.3 Å². The quantitative estimate of drug-likeness (QED) is 0.796. The van der Waals surface area contributed by atoms with E-state index in [0.717, 1.165) is 0 Å². The summed E-state index contributed by atoms with van der Waals surface area (Å²) in [7, 11) is 0. The number of nitrogens with two attached hydrogens (primary N) is 1. The molecule has 1 aromatic rings. The van der Waals surface area contributed by atoms with Gasteiger partial charge in [0, 0.05) is 11.4 Å². The minimum atomic E-state index is -0.489. The fourth-order valence-electron chi connectivity index (χ4n) is 1.16. The Bertz CT molecular complexity index is 393. The number of anilines is 2. The molecule has 0 aliphatic heterocycles. The molecule has 0 unspecified atom stereocenters. The second-order valence-electron chi connectivity index (χ2n) is 4.72. The summed E-state index contributed by atoms with van der Waals surface area (Å²) in [6.45, 7) is 5.46. The largest absolute Gasteiger partial charge is 0.399 e. The molecule has 0 bridgehead atoms. The highest BCUT2D eigenvalue weighted by Crippen LogP contribution is 2.15. The van der Waals surface area contributed by atoms with Crippen molar-refractivity contribution in [3.05, 3.63) is 24.0 Å². The second kappa shape index (κ2) is 5.14. The molecule has 0 aliphatic carbocycles. The molecule has 0 heterocycles. The van der Waals surface area contributed by atoms with Crippen LogP contribution in [0.4, 0.5) is 15.8 Å². The van der Waals surface area contributed by atoms with E-state index in [1.165, 1.54) is 18.2 Å². The van der Waals surface area contributed by atoms with Crippen LogP contribution in [0.25, 0.3) is 0 Å². The summed E-state index contributed by atoms with van der Waals surface area (Å²) in [5.74, 6) is -0.832. The monoisotopic (exact) mass is 240 g/mol. The van der Waals surface area contributed by atoms with Gasteiger partial charge in [-0.05, 0) is 39.0 Å². The van der Waals surface area contributed by atoms with E-state index in [1.807, 2.05) is 20.8 Å². The Labute approximate surface area is 100.0 Å². The maximum absolute atomic E-state index is 13.0. The Kier molecular flexibility index (Phi) is 4.07. The van der Waals surface area contributed by atoms with Crippen LogP contribution in [0.2, 0.25) is 0 Å². The van der Waals surface area contributed by atoms with Crippen LogP contribution in [-0.2, 0) is 9.53 Å². The molecule has 0 saturated carbocycles. The van der Waals surface area contributed by atoms with Gasteiger partial charge in [0.15, 0.2) is 0 Å². The number of nitrogen functional groups attached to an aromatic ring is 1. The number of rotatable bonds is 3. The molecule has 1 amide bonds. The van der Waals surface area contributed by atoms with E-state index in [4.69, 9.17) is 10.5 Å². The summed E-state index contributed by atoms with van der Waals surface area (Å²) in [5, 5.41) is 2.51. The second-order valence-corrected chi connectivity index (χ2v) is 4.72. The van der Waals surface area contributed by atoms with Crippen molar-refractivity contribution in [2.24, 2.45) is 0 Å². The standard InChI is InChI=1S/C12H17FN2O2/c1-12(2,3)17-7-11(16)15-10-5-8(13)4-9(14)6-10/h4-6H,7,14H2,1-3H3,(H,15,16). The zero-order valence-electron chi connectivity index (χ0n) is 10.2. The van der Waals surface area contributed by atoms with Crippen molar-refractivity contribution in [3.63, 3.8) is 0 Å². The molecular weight excluding hydrogens is 223 g/mol. The van der Waals surface area contributed by atoms with Gasteiger partial charge in [0.1, 0.15) is 12.4 Å². The number of hydrogen-bond acceptors (Lipinski definition) is 3. The number of amides is 1. The summed E-state index contributed by atoms with van der Waals surface area (Å²) in [6, 6.07) is 3.87. The highest BCUT2D eigenvalue weighted by molar-refractivity contribution is 5.92. The summed E-state index contributed by atoms with van der Waals surface area (Å²) < 4.78 is 18.3. The number of carbonyl (C=O) groups excluding carboxylic acids is 1. The summed E-state index contributed by atoms with van der Waals surface area (Å²) in [5.41, 5.74) is 5.65. The molecule has 0 fully saturated rings. The van der Waals surface area contributed by atoms with Crippen molar-refractivity contribution < 1.29 is 13.9 Å². The molecule has 0 atom stereocenters. The molecule has 0 spiro atoms. The van der Waals surface area contributed by atoms with Gasteiger partial charge in [0.25, 0.3) is 0 Å². The lowest BCUT2D eigenvalue weighted by atomic mass is 10.2. The average Bonchev–Trinajstić information content (AvgIpc) is 2.11. The van der Waals surface area contributed by atoms with Crippen molar-refractivity contribution in [2.75, 3.05) is 17.7 Å². The van der Waals surface area contributed by atoms with Crippen LogP contribution < -0.4 is 11.1 Å². The lowest BCUT2D eigenvalue weighted by molar-refractivity contribution is -0.125. The third kappa shape index (κ3) is 5.31. The van der Waals surface area contributed by atoms with Crippen LogP contribution in [0.1, 0.15) is 20.8 Å². The SMILES string of the molecule is CC(C)(C)OCC(=O)Nc1cc(N)cc(F)c1. The summed E-state index contributed by atoms with van der Waals surface area (Å²) in [4.78, 5) is 11.5. The van der Waals surface area contributed by atoms with Crippen molar-refractivity contribution in [2.45, 2.75) is 26.4 Å². The van der Waals surface area contributed by atoms with Gasteiger partial charge in [0.05, 0.1) is 5.60 Å². The van der Waals surface area contributed by atoms with Crippen LogP contribution in [0.15, 0.2) is 18.2 Å². The van der Waals surface area contributed by atoms with Gasteiger partial charge < -0.3 is 15.8 Å². The van der Waals surface area contributed by atoms with Crippen molar-refractivity contribution in [1.29, 1.82) is 0 Å². The Morgan fingerprint density at radius 3 is 2.59 bits per heavy atom. The number of ether oxygens (including phenoxy) is 1. The fourth-order valence-corrected chi connectivity index (χ4v) is 1.16. The van der Waals surface area contributed by atoms with E-state index in [1.54, 1.807) is 0 Å². The maximum Gasteiger partial charge on any atom is 0.250 e. The van der Waals surface area contributed by atoms with Gasteiger partial charge in [-0.15, -0.1) is 0 Å². The Morgan fingerprint density at radius 1 is 1.41 bits per heavy atom. The third-order valence-corrected chi connectivity index (χ3v) is 1.84. The molecule has 1 rings (SSSR count). The van der Waals surface area contributed by atoms with Gasteiger partial charge in [0.2, 0.25) is 5.91 Å². The van der Waals surface area contributed by atoms with Gasteiger partial charge in [-0.25, -0.2) is 4.39 Å². The smallest absolute Gasteiger partial charge is 0.250 e. The molecule has 4 nitrogen and oxygen atoms in total. The zero-order valence-corrected chi connectivity index (χ0v) is 10.2. The molecule has 0 saturated heterocycles. The molecule has 94 valence electrons. The van der Waals surface area contributed by atoms with E-state index in [-0.39, 0.29) is 18.2 Å². The number of nitrogens with one attached hydrogen (secondary N) is 1. The zero-order chi connectivity index (χ0) is 13.1. The van der Waals surface area contributed by atoms with E-state index < -0.39 is 11.4 Å². The Balaban J connectivity index is 2.56. The minimum absolute atomic E-state index is 0.0834. The van der Waals surface area contributed by atoms with Gasteiger partial charge in [-0.3, -0.25) is 4.79 Å². The molecule has 3 N–H and O–H groups in total. The Morgan fingerprint density at radius 2 is 2.06 bits per heavy atom. The predicted molar refractivity (Wildman–Crippen MR) is 65.1 cm³/mol. The Hall–Kier alpha value is -1.62. The van der Waals surface area contributed by atoms with Crippen LogP contribution >= 0.6 is 0 Å². The molecule has 0 aliphatic rings. The van der Waals surface area contributed by atoms with E-state index in [0.29, 0.717) is 5.69 Å². The highest BCUT2D eigenvalue weighted by Gasteiger charge is 2.13. The van der Waals surface area contributed by atoms with Crippen LogP contribution in [0.5, 0.6) is 0 Å². The maximum atomic E-state index is 13.0. The fraction of sp³-hybridized carbons (Fsp3) is 0.417. The first kappa shape index (κ1) is 13.4. The number of hydrogen-bond donors (Lipinski definition) is 2. The summed E-state index contributed by atoms with van der Waals surface area (Å²) in [6.07, 6.45) is 0. The lowest BCUT2D eigenvalue weighted by Crippen LogP contribution is -2.27. The van der Waals surface area contributed by atoms with Crippen LogP contribution in [-0.4, -0.2) is 18.1 Å². The lowest BCUT2D eigenvalue weighted by Gasteiger charge is -2.19. The normalized spacial score (nSPS) is 11.3. The average molecular weight is 240 g/mol. The molecule has 0 radical (unpaired) electrons. The first-order chi connectivity index (χ1) is 7.76. The molecule has 0 aromatic heterocycles. The molecule has 1 aromatic carbocycles. The molecule has 17 heavy (non-hydrogen) atoms. The first-order valence-electron chi connectivity index (χ1n) is 5.26. The van der Waals surface area contributed by atoms with E-state index in [9.17, 15) is 9.18 Å². The van der Waals surface area contributed by atoms with Crippen LogP contribution in [0, 0.1) is 5.82 Å². The van der Waals surface area contributed by atoms with Gasteiger partial charge in [-0.1, -0.05) is 0 Å². The number of benzene rings is 1. The van der Waals surface area contributed by atoms with Gasteiger partial charge in [-0.2, -0.15) is 0 Å². The molecular formula is C12H17FN2O2. The molecule has 5 heteroatoms. The van der Waals surface area contributed by atoms with Crippen molar-refractivity contribution in [3.8, 4) is 0 Å². The summed E-state index contributed by atoms with van der Waals surface area (Å²) >= 11 is 0. The van der Waals surface area contributed by atoms with Crippen molar-refractivity contribution in [1.82, 2.24) is 0 Å². The predicted octanol–water partition coefficient (Wildman–Crippen LogP) is 2.16. The third-order valence-electron chi connectivity index (χ3n) is 1.84. The van der Waals surface area contributed by atoms with E-state index in [2.05, 4.69) is 5.32 Å². The van der Waals surface area contributed by atoms with Gasteiger partial charge >= 0.3 is 0 Å². The van der Waals surface area contributed by atoms with E-state index >= 15 is 0 Å². The van der Waals surface area contributed by atoms with Crippen LogP contribution in [0.3, 0.4) is 0 Å². The topological polar surface area (TPSA) is 64.3 Å². The minimum Gasteiger partial charge on any atom is -0.399 e. The number of halogens is 1. The highest BCUT2D eigenvalue weighted by atomic mass is 19.1.